The number of carbonyl (C=O) groups is 3. The first kappa shape index (κ1) is 31.5. The normalized spacial score (nSPS) is 17.5. The van der Waals surface area contributed by atoms with Crippen LogP contribution < -0.4 is 16.0 Å². The molecule has 2 atom stereocenters. The van der Waals surface area contributed by atoms with E-state index < -0.39 is 51.6 Å². The molecule has 0 saturated heterocycles. The quantitative estimate of drug-likeness (QED) is 0.179. The number of nitrogens with one attached hydrogen (secondary N) is 3. The van der Waals surface area contributed by atoms with E-state index in [2.05, 4.69) is 10.6 Å². The lowest BCUT2D eigenvalue weighted by molar-refractivity contribution is -0.167. The maximum Gasteiger partial charge on any atom is 0.471 e. The monoisotopic (exact) mass is 689 g/mol. The van der Waals surface area contributed by atoms with Crippen molar-refractivity contribution in [1.82, 2.24) is 0 Å². The maximum absolute atomic E-state index is 13.5. The van der Waals surface area contributed by atoms with Gasteiger partial charge in [0.05, 0.1) is 37.3 Å². The van der Waals surface area contributed by atoms with Crippen LogP contribution in [0.2, 0.25) is 20.1 Å². The van der Waals surface area contributed by atoms with Gasteiger partial charge in [-0.25, -0.2) is 4.39 Å². The molecule has 1 saturated carbocycles. The van der Waals surface area contributed by atoms with Crippen LogP contribution in [0, 0.1) is 11.7 Å². The average molecular weight is 692 g/mol. The van der Waals surface area contributed by atoms with Crippen LogP contribution in [0.1, 0.15) is 21.8 Å². The number of amides is 3. The Hall–Kier alpha value is -2.47. The van der Waals surface area contributed by atoms with Crippen molar-refractivity contribution in [3.8, 4) is 0 Å². The maximum atomic E-state index is 13.5. The molecule has 6 nitrogen and oxygen atoms in total. The highest BCUT2D eigenvalue weighted by molar-refractivity contribution is 6.53. The number of anilines is 3. The molecule has 3 aromatic rings. The summed E-state index contributed by atoms with van der Waals surface area (Å²) in [5.74, 6) is -5.93. The zero-order valence-corrected chi connectivity index (χ0v) is 24.3. The Morgan fingerprint density at radius 1 is 0.756 bits per heavy atom. The molecule has 0 spiro atoms. The van der Waals surface area contributed by atoms with Gasteiger partial charge in [0.1, 0.15) is 10.2 Å². The molecule has 16 heteroatoms. The van der Waals surface area contributed by atoms with Gasteiger partial charge in [-0.3, -0.25) is 14.4 Å². The minimum atomic E-state index is -5.18. The van der Waals surface area contributed by atoms with Gasteiger partial charge in [0.15, 0.2) is 0 Å². The molecule has 0 bridgehead atoms. The lowest BCUT2D eigenvalue weighted by Gasteiger charge is -2.14. The van der Waals surface area contributed by atoms with Crippen LogP contribution in [0.5, 0.6) is 0 Å². The molecule has 0 radical (unpaired) electrons. The Kier molecular flexibility index (Phi) is 8.95. The molecule has 41 heavy (non-hydrogen) atoms. The van der Waals surface area contributed by atoms with Crippen LogP contribution >= 0.6 is 69.6 Å². The molecule has 1 aliphatic rings. The summed E-state index contributed by atoms with van der Waals surface area (Å²) in [4.78, 5) is 37.1. The third-order valence-electron chi connectivity index (χ3n) is 5.91. The third kappa shape index (κ3) is 6.79. The molecule has 216 valence electrons. The summed E-state index contributed by atoms with van der Waals surface area (Å²) in [6.45, 7) is 0. The van der Waals surface area contributed by atoms with E-state index in [1.807, 2.05) is 0 Å². The highest BCUT2D eigenvalue weighted by atomic mass is 35.5. The van der Waals surface area contributed by atoms with Crippen molar-refractivity contribution >= 4 is 104 Å². The fourth-order valence-electron chi connectivity index (χ4n) is 3.92. The van der Waals surface area contributed by atoms with Crippen molar-refractivity contribution in [3.05, 3.63) is 85.6 Å². The smallest absolute Gasteiger partial charge is 0.326 e. The van der Waals surface area contributed by atoms with E-state index in [0.29, 0.717) is 5.56 Å². The second-order valence-corrected chi connectivity index (χ2v) is 11.8. The Labute approximate surface area is 259 Å². The van der Waals surface area contributed by atoms with E-state index in [-0.39, 0.29) is 37.0 Å². The van der Waals surface area contributed by atoms with Gasteiger partial charge in [-0.15, -0.1) is 23.2 Å². The number of hydrogen-bond donors (Lipinski definition) is 3. The number of rotatable bonds is 6. The first-order valence-electron chi connectivity index (χ1n) is 11.1. The highest BCUT2D eigenvalue weighted by Crippen LogP contribution is 2.65. The van der Waals surface area contributed by atoms with E-state index in [0.717, 1.165) is 18.2 Å². The van der Waals surface area contributed by atoms with Gasteiger partial charge >= 0.3 is 12.1 Å². The summed E-state index contributed by atoms with van der Waals surface area (Å²) in [6.07, 6.45) is -5.18. The summed E-state index contributed by atoms with van der Waals surface area (Å²) in [5.41, 5.74) is -0.0377. The minimum absolute atomic E-state index is 0.0129. The molecule has 4 rings (SSSR count). The fraction of sp³-hybridized carbons (Fsp3) is 0.160. The van der Waals surface area contributed by atoms with Crippen LogP contribution in [0.4, 0.5) is 34.6 Å². The summed E-state index contributed by atoms with van der Waals surface area (Å²) < 4.78 is 49.8. The van der Waals surface area contributed by atoms with Crippen molar-refractivity contribution < 1.29 is 31.9 Å². The standard InChI is InChI=1S/C25H13Cl6F4N3O3/c26-13-3-2-10(36-22(40)19-18(24(19,30)31)9-1-4-17(32)14(27)5-9)6-12(13)21(39)37-11-7-15(28)20(16(29)8-11)38-23(41)25(33,34)35/h1-8,18-19H,(H,36,40)(H,37,39)(H,38,41)/t18-,19+/m0/s1. The van der Waals surface area contributed by atoms with Crippen molar-refractivity contribution in [1.29, 1.82) is 0 Å². The first-order valence-corrected chi connectivity index (χ1v) is 13.4. The molecule has 3 aromatic carbocycles. The van der Waals surface area contributed by atoms with Crippen molar-refractivity contribution in [2.75, 3.05) is 16.0 Å². The molecule has 3 amide bonds. The molecule has 0 unspecified atom stereocenters. The predicted molar refractivity (Wildman–Crippen MR) is 151 cm³/mol. The number of halogens is 10. The molecule has 3 N–H and O–H groups in total. The first-order chi connectivity index (χ1) is 19.0. The topological polar surface area (TPSA) is 87.3 Å². The number of alkyl halides is 5. The number of benzene rings is 3. The largest absolute Gasteiger partial charge is 0.471 e. The Morgan fingerprint density at radius 2 is 1.39 bits per heavy atom. The van der Waals surface area contributed by atoms with Gasteiger partial charge in [0.2, 0.25) is 5.91 Å². The van der Waals surface area contributed by atoms with Crippen LogP contribution in [0.25, 0.3) is 0 Å². The average Bonchev–Trinajstić information content (AvgIpc) is 3.45. The van der Waals surface area contributed by atoms with Gasteiger partial charge in [0.25, 0.3) is 5.91 Å². The van der Waals surface area contributed by atoms with Gasteiger partial charge in [-0.2, -0.15) is 13.2 Å². The Bertz CT molecular complexity index is 1560. The summed E-state index contributed by atoms with van der Waals surface area (Å²) >= 11 is 36.6. The van der Waals surface area contributed by atoms with E-state index in [4.69, 9.17) is 69.6 Å². The molecular weight excluding hydrogens is 679 g/mol. The summed E-state index contributed by atoms with van der Waals surface area (Å²) in [7, 11) is 0. The second kappa shape index (κ2) is 11.7. The Balaban J connectivity index is 1.49. The zero-order valence-electron chi connectivity index (χ0n) is 19.8. The predicted octanol–water partition coefficient (Wildman–Crippen LogP) is 8.72. The fourth-order valence-corrected chi connectivity index (χ4v) is 5.72. The van der Waals surface area contributed by atoms with Gasteiger partial charge < -0.3 is 16.0 Å². The van der Waals surface area contributed by atoms with Crippen LogP contribution in [0.3, 0.4) is 0 Å². The molecule has 0 heterocycles. The number of hydrogen-bond acceptors (Lipinski definition) is 3. The lowest BCUT2D eigenvalue weighted by atomic mass is 10.1. The summed E-state index contributed by atoms with van der Waals surface area (Å²) in [5, 5.41) is 5.65. The lowest BCUT2D eigenvalue weighted by Crippen LogP contribution is -2.30. The van der Waals surface area contributed by atoms with E-state index >= 15 is 0 Å². The zero-order chi connectivity index (χ0) is 30.4. The van der Waals surface area contributed by atoms with Crippen molar-refractivity contribution in [2.24, 2.45) is 5.92 Å². The van der Waals surface area contributed by atoms with E-state index in [1.54, 1.807) is 5.32 Å². The Morgan fingerprint density at radius 3 is 1.98 bits per heavy atom. The summed E-state index contributed by atoms with van der Waals surface area (Å²) in [6, 6.07) is 10.0. The molecule has 1 aliphatic carbocycles. The number of carbonyl (C=O) groups excluding carboxylic acids is 3. The molecule has 0 aliphatic heterocycles. The second-order valence-electron chi connectivity index (χ2n) is 8.71. The molecule has 1 fully saturated rings. The van der Waals surface area contributed by atoms with E-state index in [9.17, 15) is 31.9 Å². The van der Waals surface area contributed by atoms with Gasteiger partial charge in [-0.1, -0.05) is 52.5 Å². The third-order valence-corrected chi connectivity index (χ3v) is 8.07. The van der Waals surface area contributed by atoms with E-state index in [1.165, 1.54) is 30.3 Å². The highest BCUT2D eigenvalue weighted by Gasteiger charge is 2.67. The van der Waals surface area contributed by atoms with Crippen LogP contribution in [-0.2, 0) is 9.59 Å². The molecule has 0 aromatic heterocycles. The van der Waals surface area contributed by atoms with Gasteiger partial charge in [-0.05, 0) is 48.0 Å². The van der Waals surface area contributed by atoms with Crippen LogP contribution in [-0.4, -0.2) is 28.2 Å². The molecular formula is C25H13Cl6F4N3O3. The van der Waals surface area contributed by atoms with Crippen LogP contribution in [0.15, 0.2) is 48.5 Å². The van der Waals surface area contributed by atoms with Crippen molar-refractivity contribution in [3.63, 3.8) is 0 Å². The SMILES string of the molecule is O=C(Nc1cc(Cl)c(NC(=O)C(F)(F)F)c(Cl)c1)c1cc(NC(=O)[C@H]2[C@H](c3ccc(F)c(Cl)c3)C2(Cl)Cl)ccc1Cl. The van der Waals surface area contributed by atoms with Gasteiger partial charge in [0, 0.05) is 17.3 Å². The van der Waals surface area contributed by atoms with Crippen molar-refractivity contribution in [2.45, 2.75) is 16.4 Å². The minimum Gasteiger partial charge on any atom is -0.326 e.